The number of thioether (sulfide) groups is 2. The second-order valence-electron chi connectivity index (χ2n) is 5.16. The van der Waals surface area contributed by atoms with E-state index in [-0.39, 0.29) is 0 Å². The first-order chi connectivity index (χ1) is 11.7. The van der Waals surface area contributed by atoms with Crippen LogP contribution in [-0.4, -0.2) is 9.97 Å². The standard InChI is InChI=1S/C18H18N4S2/c19-15-16(20)21-18(24-12-14-9-5-2-6-10-14)22-17(15)23-11-13-7-3-1-4-8-13/h1-10H,11-12,19H2,(H2,20,21,22). The van der Waals surface area contributed by atoms with Gasteiger partial charge in [-0.1, -0.05) is 84.2 Å². The molecule has 3 aromatic rings. The third kappa shape index (κ3) is 4.43. The van der Waals surface area contributed by atoms with E-state index in [0.717, 1.165) is 16.5 Å². The molecule has 4 nitrogen and oxygen atoms in total. The molecule has 0 spiro atoms. The molecule has 0 saturated carbocycles. The molecule has 122 valence electrons. The molecule has 0 aliphatic rings. The first-order valence-electron chi connectivity index (χ1n) is 7.49. The maximum atomic E-state index is 6.04. The van der Waals surface area contributed by atoms with E-state index in [2.05, 4.69) is 34.2 Å². The van der Waals surface area contributed by atoms with Crippen molar-refractivity contribution in [1.82, 2.24) is 9.97 Å². The Balaban J connectivity index is 1.71. The van der Waals surface area contributed by atoms with Gasteiger partial charge in [0.15, 0.2) is 11.0 Å². The number of rotatable bonds is 6. The molecule has 0 saturated heterocycles. The summed E-state index contributed by atoms with van der Waals surface area (Å²) in [6, 6.07) is 20.4. The lowest BCUT2D eigenvalue weighted by Crippen LogP contribution is -2.04. The molecule has 0 aliphatic heterocycles. The summed E-state index contributed by atoms with van der Waals surface area (Å²) in [5.41, 5.74) is 14.9. The molecule has 0 bridgehead atoms. The number of anilines is 2. The van der Waals surface area contributed by atoms with Crippen molar-refractivity contribution in [3.8, 4) is 0 Å². The van der Waals surface area contributed by atoms with E-state index >= 15 is 0 Å². The second kappa shape index (κ2) is 8.08. The van der Waals surface area contributed by atoms with Crippen molar-refractivity contribution < 1.29 is 0 Å². The summed E-state index contributed by atoms with van der Waals surface area (Å²) in [5, 5.41) is 1.39. The minimum atomic E-state index is 0.344. The van der Waals surface area contributed by atoms with E-state index in [1.165, 1.54) is 11.1 Å². The highest BCUT2D eigenvalue weighted by atomic mass is 32.2. The van der Waals surface area contributed by atoms with E-state index in [1.54, 1.807) is 23.5 Å². The molecule has 1 aromatic heterocycles. The Kier molecular flexibility index (Phi) is 5.61. The van der Waals surface area contributed by atoms with Gasteiger partial charge in [0.1, 0.15) is 10.7 Å². The van der Waals surface area contributed by atoms with Crippen molar-refractivity contribution in [3.63, 3.8) is 0 Å². The van der Waals surface area contributed by atoms with Crippen molar-refractivity contribution in [2.75, 3.05) is 11.5 Å². The zero-order chi connectivity index (χ0) is 16.8. The highest BCUT2D eigenvalue weighted by molar-refractivity contribution is 7.99. The molecule has 2 aromatic carbocycles. The molecule has 1 heterocycles. The zero-order valence-corrected chi connectivity index (χ0v) is 14.7. The Hall–Kier alpha value is -2.18. The fourth-order valence-electron chi connectivity index (χ4n) is 2.07. The summed E-state index contributed by atoms with van der Waals surface area (Å²) in [7, 11) is 0. The highest BCUT2D eigenvalue weighted by Crippen LogP contribution is 2.32. The average molecular weight is 355 g/mol. The number of nitrogens with two attached hydrogens (primary N) is 2. The van der Waals surface area contributed by atoms with E-state index in [0.29, 0.717) is 16.7 Å². The molecule has 4 N–H and O–H groups in total. The van der Waals surface area contributed by atoms with E-state index in [9.17, 15) is 0 Å². The summed E-state index contributed by atoms with van der Waals surface area (Å²) in [5.74, 6) is 1.94. The van der Waals surface area contributed by atoms with Crippen molar-refractivity contribution in [3.05, 3.63) is 71.8 Å². The van der Waals surface area contributed by atoms with E-state index in [1.807, 2.05) is 36.4 Å². The Bertz CT molecular complexity index is 795. The SMILES string of the molecule is Nc1nc(SCc2ccccc2)nc(SCc2ccccc2)c1N. The Morgan fingerprint density at radius 2 is 1.25 bits per heavy atom. The second-order valence-corrected chi connectivity index (χ2v) is 7.07. The number of aromatic nitrogens is 2. The number of nitrogens with zero attached hydrogens (tertiary/aromatic N) is 2. The molecule has 0 amide bonds. The first-order valence-corrected chi connectivity index (χ1v) is 9.46. The van der Waals surface area contributed by atoms with Crippen molar-refractivity contribution >= 4 is 35.0 Å². The van der Waals surface area contributed by atoms with Gasteiger partial charge in [0.25, 0.3) is 0 Å². The monoisotopic (exact) mass is 354 g/mol. The summed E-state index contributed by atoms with van der Waals surface area (Å²) < 4.78 is 0. The Morgan fingerprint density at radius 1 is 0.708 bits per heavy atom. The topological polar surface area (TPSA) is 77.8 Å². The fraction of sp³-hybridized carbons (Fsp3) is 0.111. The van der Waals surface area contributed by atoms with Gasteiger partial charge >= 0.3 is 0 Å². The Labute approximate surface area is 150 Å². The molecule has 6 heteroatoms. The van der Waals surface area contributed by atoms with Crippen molar-refractivity contribution in [2.24, 2.45) is 0 Å². The Morgan fingerprint density at radius 3 is 1.83 bits per heavy atom. The summed E-state index contributed by atoms with van der Waals surface area (Å²) in [6.45, 7) is 0. The van der Waals surface area contributed by atoms with Crippen LogP contribution in [0, 0.1) is 0 Å². The lowest BCUT2D eigenvalue weighted by molar-refractivity contribution is 0.905. The minimum Gasteiger partial charge on any atom is -0.394 e. The van der Waals surface area contributed by atoms with Gasteiger partial charge in [-0.3, -0.25) is 0 Å². The molecule has 0 unspecified atom stereocenters. The first kappa shape index (κ1) is 16.7. The molecular weight excluding hydrogens is 336 g/mol. The van der Waals surface area contributed by atoms with Gasteiger partial charge in [0, 0.05) is 11.5 Å². The van der Waals surface area contributed by atoms with Crippen LogP contribution in [0.4, 0.5) is 11.5 Å². The summed E-state index contributed by atoms with van der Waals surface area (Å²) in [4.78, 5) is 8.87. The molecule has 0 fully saturated rings. The maximum Gasteiger partial charge on any atom is 0.191 e. The molecular formula is C18H18N4S2. The predicted octanol–water partition coefficient (Wildman–Crippen LogP) is 4.23. The quantitative estimate of drug-likeness (QED) is 0.392. The smallest absolute Gasteiger partial charge is 0.191 e. The predicted molar refractivity (Wildman–Crippen MR) is 103 cm³/mol. The van der Waals surface area contributed by atoms with Crippen LogP contribution in [0.15, 0.2) is 70.8 Å². The van der Waals surface area contributed by atoms with Crippen LogP contribution >= 0.6 is 23.5 Å². The third-order valence-corrected chi connectivity index (χ3v) is 5.33. The van der Waals surface area contributed by atoms with Gasteiger partial charge in [-0.15, -0.1) is 0 Å². The fourth-order valence-corrected chi connectivity index (χ4v) is 3.84. The van der Waals surface area contributed by atoms with Crippen LogP contribution in [-0.2, 0) is 11.5 Å². The van der Waals surface area contributed by atoms with Gasteiger partial charge < -0.3 is 11.5 Å². The molecule has 0 atom stereocenters. The van der Waals surface area contributed by atoms with Crippen LogP contribution in [0.25, 0.3) is 0 Å². The minimum absolute atomic E-state index is 0.344. The molecule has 0 aliphatic carbocycles. The number of benzene rings is 2. The lowest BCUT2D eigenvalue weighted by Gasteiger charge is -2.09. The van der Waals surface area contributed by atoms with Crippen LogP contribution in [0.5, 0.6) is 0 Å². The van der Waals surface area contributed by atoms with Gasteiger partial charge in [0.2, 0.25) is 0 Å². The van der Waals surface area contributed by atoms with Crippen LogP contribution < -0.4 is 11.5 Å². The average Bonchev–Trinajstić information content (AvgIpc) is 2.63. The summed E-state index contributed by atoms with van der Waals surface area (Å²) >= 11 is 3.14. The summed E-state index contributed by atoms with van der Waals surface area (Å²) in [6.07, 6.45) is 0. The van der Waals surface area contributed by atoms with Gasteiger partial charge in [-0.05, 0) is 11.1 Å². The van der Waals surface area contributed by atoms with Gasteiger partial charge in [0.05, 0.1) is 0 Å². The van der Waals surface area contributed by atoms with Crippen LogP contribution in [0.3, 0.4) is 0 Å². The largest absolute Gasteiger partial charge is 0.394 e. The van der Waals surface area contributed by atoms with Crippen LogP contribution in [0.1, 0.15) is 11.1 Å². The third-order valence-electron chi connectivity index (χ3n) is 3.35. The molecule has 0 radical (unpaired) electrons. The number of nitrogen functional groups attached to an aromatic ring is 2. The van der Waals surface area contributed by atoms with Gasteiger partial charge in [-0.2, -0.15) is 0 Å². The van der Waals surface area contributed by atoms with E-state index < -0.39 is 0 Å². The van der Waals surface area contributed by atoms with E-state index in [4.69, 9.17) is 11.5 Å². The van der Waals surface area contributed by atoms with Gasteiger partial charge in [-0.25, -0.2) is 9.97 Å². The van der Waals surface area contributed by atoms with Crippen molar-refractivity contribution in [2.45, 2.75) is 21.7 Å². The van der Waals surface area contributed by atoms with Crippen LogP contribution in [0.2, 0.25) is 0 Å². The maximum absolute atomic E-state index is 6.04. The number of hydrogen-bond donors (Lipinski definition) is 2. The van der Waals surface area contributed by atoms with Crippen molar-refractivity contribution in [1.29, 1.82) is 0 Å². The highest BCUT2D eigenvalue weighted by Gasteiger charge is 2.11. The molecule has 24 heavy (non-hydrogen) atoms. The molecule has 3 rings (SSSR count). The number of hydrogen-bond acceptors (Lipinski definition) is 6. The lowest BCUT2D eigenvalue weighted by atomic mass is 10.2. The zero-order valence-electron chi connectivity index (χ0n) is 13.1. The normalized spacial score (nSPS) is 10.7.